The molecular weight excluding hydrogens is 266 g/mol. The second-order valence-corrected chi connectivity index (χ2v) is 7.42. The molecule has 4 aliphatic rings. The normalized spacial score (nSPS) is 37.2. The van der Waals surface area contributed by atoms with E-state index in [4.69, 9.17) is 0 Å². The first-order chi connectivity index (χ1) is 10.1. The van der Waals surface area contributed by atoms with Crippen molar-refractivity contribution in [2.45, 2.75) is 32.1 Å². The molecule has 2 bridgehead atoms. The first-order valence-electron chi connectivity index (χ1n) is 8.34. The summed E-state index contributed by atoms with van der Waals surface area (Å²) in [5.74, 6) is 0.769. The van der Waals surface area contributed by atoms with E-state index in [2.05, 4.69) is 5.32 Å². The lowest BCUT2D eigenvalue weighted by Crippen LogP contribution is -2.42. The summed E-state index contributed by atoms with van der Waals surface area (Å²) in [5.41, 5.74) is 0. The molecule has 114 valence electrons. The lowest BCUT2D eigenvalue weighted by molar-refractivity contribution is -0.147. The van der Waals surface area contributed by atoms with E-state index in [-0.39, 0.29) is 23.7 Å². The molecule has 0 saturated heterocycles. The van der Waals surface area contributed by atoms with Crippen LogP contribution in [-0.4, -0.2) is 23.5 Å². The van der Waals surface area contributed by atoms with Crippen LogP contribution < -0.4 is 5.32 Å². The molecule has 4 rings (SSSR count). The molecule has 3 saturated carbocycles. The highest BCUT2D eigenvalue weighted by molar-refractivity contribution is 5.86. The Morgan fingerprint density at radius 3 is 2.14 bits per heavy atom. The molecule has 4 aliphatic carbocycles. The fourth-order valence-electron chi connectivity index (χ4n) is 4.62. The Morgan fingerprint density at radius 2 is 1.62 bits per heavy atom. The Labute approximate surface area is 125 Å². The third-order valence-corrected chi connectivity index (χ3v) is 6.01. The Balaban J connectivity index is 1.40. The van der Waals surface area contributed by atoms with Gasteiger partial charge in [0.15, 0.2) is 0 Å². The number of hydrogen-bond acceptors (Lipinski definition) is 2. The summed E-state index contributed by atoms with van der Waals surface area (Å²) in [6, 6.07) is 0. The largest absolute Gasteiger partial charge is 0.481 e. The lowest BCUT2D eigenvalue weighted by Gasteiger charge is -2.25. The summed E-state index contributed by atoms with van der Waals surface area (Å²) < 4.78 is 0. The Hall–Kier alpha value is -1.32. The molecular formula is C17H23NO3. The smallest absolute Gasteiger partial charge is 0.307 e. The molecule has 0 heterocycles. The zero-order valence-electron chi connectivity index (χ0n) is 12.2. The van der Waals surface area contributed by atoms with E-state index in [1.807, 2.05) is 12.2 Å². The Morgan fingerprint density at radius 1 is 1.05 bits per heavy atom. The number of aliphatic carboxylic acids is 1. The fraction of sp³-hybridized carbons (Fsp3) is 0.765. The van der Waals surface area contributed by atoms with Crippen LogP contribution in [0, 0.1) is 41.4 Å². The molecule has 4 unspecified atom stereocenters. The van der Waals surface area contributed by atoms with E-state index in [1.54, 1.807) is 0 Å². The van der Waals surface area contributed by atoms with E-state index in [9.17, 15) is 14.7 Å². The average molecular weight is 289 g/mol. The van der Waals surface area contributed by atoms with Gasteiger partial charge >= 0.3 is 5.97 Å². The highest BCUT2D eigenvalue weighted by atomic mass is 16.4. The lowest BCUT2D eigenvalue weighted by atomic mass is 9.82. The van der Waals surface area contributed by atoms with E-state index in [0.29, 0.717) is 5.92 Å². The van der Waals surface area contributed by atoms with Crippen molar-refractivity contribution in [1.82, 2.24) is 5.32 Å². The van der Waals surface area contributed by atoms with Crippen LogP contribution in [0.2, 0.25) is 0 Å². The topological polar surface area (TPSA) is 66.4 Å². The molecule has 3 fully saturated rings. The zero-order chi connectivity index (χ0) is 14.6. The van der Waals surface area contributed by atoms with Gasteiger partial charge in [-0.25, -0.2) is 0 Å². The van der Waals surface area contributed by atoms with Crippen LogP contribution in [0.1, 0.15) is 32.1 Å². The maximum atomic E-state index is 12.5. The number of carbonyl (C=O) groups excluding carboxylic acids is 1. The van der Waals surface area contributed by atoms with Gasteiger partial charge in [0, 0.05) is 6.54 Å². The number of carbonyl (C=O) groups is 2. The van der Waals surface area contributed by atoms with Gasteiger partial charge in [0.25, 0.3) is 0 Å². The van der Waals surface area contributed by atoms with Crippen molar-refractivity contribution in [2.24, 2.45) is 41.4 Å². The quantitative estimate of drug-likeness (QED) is 0.736. The summed E-state index contributed by atoms with van der Waals surface area (Å²) >= 11 is 0. The van der Waals surface area contributed by atoms with Crippen LogP contribution >= 0.6 is 0 Å². The van der Waals surface area contributed by atoms with Crippen molar-refractivity contribution in [3.63, 3.8) is 0 Å². The van der Waals surface area contributed by atoms with Gasteiger partial charge in [0.2, 0.25) is 5.91 Å². The van der Waals surface area contributed by atoms with Crippen molar-refractivity contribution < 1.29 is 14.7 Å². The van der Waals surface area contributed by atoms with Gasteiger partial charge in [-0.2, -0.15) is 0 Å². The zero-order valence-corrected chi connectivity index (χ0v) is 12.2. The van der Waals surface area contributed by atoms with Gasteiger partial charge < -0.3 is 10.4 Å². The minimum Gasteiger partial charge on any atom is -0.481 e. The molecule has 2 N–H and O–H groups in total. The second kappa shape index (κ2) is 4.85. The highest BCUT2D eigenvalue weighted by Gasteiger charge is 2.52. The average Bonchev–Trinajstić information content (AvgIpc) is 3.38. The van der Waals surface area contributed by atoms with Gasteiger partial charge in [0.1, 0.15) is 0 Å². The molecule has 4 heteroatoms. The molecule has 21 heavy (non-hydrogen) atoms. The molecule has 0 aromatic heterocycles. The van der Waals surface area contributed by atoms with Crippen LogP contribution in [0.3, 0.4) is 0 Å². The summed E-state index contributed by atoms with van der Waals surface area (Å²) in [7, 11) is 0. The number of allylic oxidation sites excluding steroid dienone is 2. The molecule has 0 radical (unpaired) electrons. The molecule has 0 aliphatic heterocycles. The molecule has 4 atom stereocenters. The van der Waals surface area contributed by atoms with Gasteiger partial charge in [-0.1, -0.05) is 12.2 Å². The Kier molecular flexibility index (Phi) is 3.09. The number of hydrogen-bond donors (Lipinski definition) is 2. The van der Waals surface area contributed by atoms with Gasteiger partial charge in [-0.05, 0) is 61.7 Å². The predicted molar refractivity (Wildman–Crippen MR) is 77.3 cm³/mol. The number of fused-ring (bicyclic) bond motifs is 2. The number of carboxylic acid groups (broad SMARTS) is 1. The second-order valence-electron chi connectivity index (χ2n) is 7.42. The maximum Gasteiger partial charge on any atom is 0.307 e. The van der Waals surface area contributed by atoms with Crippen molar-refractivity contribution in [3.05, 3.63) is 12.2 Å². The SMILES string of the molecule is O=C(O)C1C2C=CC(C2)C1C(=O)NCC(C1CC1)C1CC1. The van der Waals surface area contributed by atoms with E-state index in [1.165, 1.54) is 25.7 Å². The number of carboxylic acids is 1. The summed E-state index contributed by atoms with van der Waals surface area (Å²) in [6.45, 7) is 0.762. The monoisotopic (exact) mass is 289 g/mol. The third kappa shape index (κ3) is 2.39. The van der Waals surface area contributed by atoms with Crippen LogP contribution in [0.5, 0.6) is 0 Å². The van der Waals surface area contributed by atoms with E-state index >= 15 is 0 Å². The van der Waals surface area contributed by atoms with Crippen molar-refractivity contribution in [3.8, 4) is 0 Å². The minimum atomic E-state index is -0.812. The van der Waals surface area contributed by atoms with Gasteiger partial charge in [0.05, 0.1) is 11.8 Å². The van der Waals surface area contributed by atoms with Crippen molar-refractivity contribution >= 4 is 11.9 Å². The number of nitrogens with one attached hydrogen (secondary N) is 1. The standard InChI is InChI=1S/C17H23NO3/c19-16(18-8-13(9-1-2-9)10-3-4-10)14-11-5-6-12(7-11)15(14)17(20)21/h5-6,9-15H,1-4,7-8H2,(H,18,19)(H,20,21). The summed E-state index contributed by atoms with van der Waals surface area (Å²) in [6.07, 6.45) is 10.1. The van der Waals surface area contributed by atoms with Crippen molar-refractivity contribution in [2.75, 3.05) is 6.54 Å². The molecule has 4 nitrogen and oxygen atoms in total. The van der Waals surface area contributed by atoms with Gasteiger partial charge in [-0.3, -0.25) is 9.59 Å². The van der Waals surface area contributed by atoms with E-state index < -0.39 is 11.9 Å². The van der Waals surface area contributed by atoms with Gasteiger partial charge in [-0.15, -0.1) is 0 Å². The molecule has 1 amide bonds. The molecule has 0 aromatic carbocycles. The fourth-order valence-corrected chi connectivity index (χ4v) is 4.62. The van der Waals surface area contributed by atoms with Crippen LogP contribution in [-0.2, 0) is 9.59 Å². The summed E-state index contributed by atoms with van der Waals surface area (Å²) in [5, 5.41) is 12.5. The first kappa shape index (κ1) is 13.4. The number of amides is 1. The van der Waals surface area contributed by atoms with Crippen LogP contribution in [0.4, 0.5) is 0 Å². The van der Waals surface area contributed by atoms with E-state index in [0.717, 1.165) is 24.8 Å². The predicted octanol–water partition coefficient (Wildman–Crippen LogP) is 2.06. The van der Waals surface area contributed by atoms with Crippen LogP contribution in [0.15, 0.2) is 12.2 Å². The summed E-state index contributed by atoms with van der Waals surface area (Å²) in [4.78, 5) is 24.0. The maximum absolute atomic E-state index is 12.5. The molecule has 0 spiro atoms. The van der Waals surface area contributed by atoms with Crippen LogP contribution in [0.25, 0.3) is 0 Å². The minimum absolute atomic E-state index is 0.0226. The van der Waals surface area contributed by atoms with Crippen molar-refractivity contribution in [1.29, 1.82) is 0 Å². The first-order valence-corrected chi connectivity index (χ1v) is 8.34. The Bertz CT molecular complexity index is 480. The highest BCUT2D eigenvalue weighted by Crippen LogP contribution is 2.50. The molecule has 0 aromatic rings. The third-order valence-electron chi connectivity index (χ3n) is 6.01. The number of rotatable bonds is 6.